The van der Waals surface area contributed by atoms with Gasteiger partial charge in [0.05, 0.1) is 0 Å². The van der Waals surface area contributed by atoms with Gasteiger partial charge in [-0.15, -0.1) is 0 Å². The number of rotatable bonds is 0. The summed E-state index contributed by atoms with van der Waals surface area (Å²) < 4.78 is 5.53. The highest BCUT2D eigenvalue weighted by atomic mass is 16.5. The number of amidine groups is 1. The van der Waals surface area contributed by atoms with Crippen molar-refractivity contribution in [2.45, 2.75) is 0 Å². The summed E-state index contributed by atoms with van der Waals surface area (Å²) in [6.45, 7) is 0.503. The molecule has 0 saturated heterocycles. The fourth-order valence-electron chi connectivity index (χ4n) is 1.28. The highest BCUT2D eigenvalue weighted by molar-refractivity contribution is 5.88. The number of benzene rings is 1. The van der Waals surface area contributed by atoms with E-state index in [1.54, 1.807) is 6.07 Å². The lowest BCUT2D eigenvalue weighted by Crippen LogP contribution is -2.29. The average Bonchev–Trinajstić information content (AvgIpc) is 2.16. The summed E-state index contributed by atoms with van der Waals surface area (Å²) in [6.07, 6.45) is 0. The second-order valence-electron chi connectivity index (χ2n) is 3.44. The van der Waals surface area contributed by atoms with Crippen LogP contribution in [-0.2, 0) is 0 Å². The summed E-state index contributed by atoms with van der Waals surface area (Å²) >= 11 is 0. The van der Waals surface area contributed by atoms with Crippen molar-refractivity contribution >= 4 is 17.2 Å². The maximum atomic E-state index is 5.64. The molecule has 0 aromatic heterocycles. The molecule has 2 rings (SSSR count). The van der Waals surface area contributed by atoms with Gasteiger partial charge in [0.25, 0.3) is 0 Å². The number of ether oxygens (including phenoxy) is 1. The molecule has 4 heteroatoms. The first-order chi connectivity index (χ1) is 6.66. The molecular formula is C10H13N3O. The Morgan fingerprint density at radius 3 is 2.93 bits per heavy atom. The second-order valence-corrected chi connectivity index (χ2v) is 3.44. The minimum atomic E-state index is 0.503. The molecule has 0 saturated carbocycles. The van der Waals surface area contributed by atoms with Crippen LogP contribution in [0.5, 0.6) is 5.75 Å². The largest absolute Gasteiger partial charge is 0.483 e. The van der Waals surface area contributed by atoms with Crippen molar-refractivity contribution < 1.29 is 4.74 Å². The maximum Gasteiger partial charge on any atom is 0.147 e. The average molecular weight is 191 g/mol. The molecule has 0 spiro atoms. The van der Waals surface area contributed by atoms with Crippen LogP contribution in [0.2, 0.25) is 0 Å². The second kappa shape index (κ2) is 3.21. The molecule has 0 unspecified atom stereocenters. The lowest BCUT2D eigenvalue weighted by atomic mass is 10.2. The number of nitrogens with zero attached hydrogens (tertiary/aromatic N) is 2. The van der Waals surface area contributed by atoms with Gasteiger partial charge in [-0.1, -0.05) is 0 Å². The molecule has 14 heavy (non-hydrogen) atoms. The van der Waals surface area contributed by atoms with E-state index in [1.165, 1.54) is 0 Å². The van der Waals surface area contributed by atoms with Crippen LogP contribution in [0.3, 0.4) is 0 Å². The smallest absolute Gasteiger partial charge is 0.147 e. The highest BCUT2D eigenvalue weighted by Crippen LogP contribution is 2.32. The van der Waals surface area contributed by atoms with Gasteiger partial charge in [0, 0.05) is 25.8 Å². The van der Waals surface area contributed by atoms with Crippen LogP contribution in [0.1, 0.15) is 0 Å². The molecule has 0 radical (unpaired) electrons. The molecule has 1 aliphatic rings. The van der Waals surface area contributed by atoms with Crippen molar-refractivity contribution in [3.63, 3.8) is 0 Å². The van der Waals surface area contributed by atoms with Crippen LogP contribution < -0.4 is 10.5 Å². The maximum absolute atomic E-state index is 5.64. The van der Waals surface area contributed by atoms with Gasteiger partial charge in [-0.05, 0) is 12.1 Å². The molecule has 2 N–H and O–H groups in total. The van der Waals surface area contributed by atoms with Crippen LogP contribution in [0.15, 0.2) is 23.2 Å². The number of fused-ring (bicyclic) bond motifs is 1. The molecule has 4 nitrogen and oxygen atoms in total. The number of hydrogen-bond donors (Lipinski definition) is 1. The van der Waals surface area contributed by atoms with Crippen LogP contribution in [0, 0.1) is 0 Å². The Bertz CT molecular complexity index is 385. The van der Waals surface area contributed by atoms with Crippen molar-refractivity contribution in [2.24, 2.45) is 4.99 Å². The normalized spacial score (nSPS) is 14.0. The predicted octanol–water partition coefficient (Wildman–Crippen LogP) is 1.25. The van der Waals surface area contributed by atoms with Gasteiger partial charge in [-0.2, -0.15) is 0 Å². The van der Waals surface area contributed by atoms with Crippen molar-refractivity contribution in [3.05, 3.63) is 18.2 Å². The Kier molecular flexibility index (Phi) is 2.04. The zero-order valence-corrected chi connectivity index (χ0v) is 8.32. The summed E-state index contributed by atoms with van der Waals surface area (Å²) in [7, 11) is 3.90. The lowest BCUT2D eigenvalue weighted by Gasteiger charge is -2.21. The fraction of sp³-hybridized carbons (Fsp3) is 0.300. The molecule has 1 heterocycles. The first-order valence-electron chi connectivity index (χ1n) is 4.44. The minimum absolute atomic E-state index is 0.503. The van der Waals surface area contributed by atoms with Crippen molar-refractivity contribution in [2.75, 3.05) is 26.4 Å². The van der Waals surface area contributed by atoms with E-state index in [9.17, 15) is 0 Å². The first-order valence-corrected chi connectivity index (χ1v) is 4.44. The monoisotopic (exact) mass is 191 g/mol. The third-order valence-electron chi connectivity index (χ3n) is 2.11. The van der Waals surface area contributed by atoms with Crippen LogP contribution in [0.25, 0.3) is 0 Å². The summed E-state index contributed by atoms with van der Waals surface area (Å²) in [4.78, 5) is 6.39. The molecule has 1 aliphatic heterocycles. The Morgan fingerprint density at radius 2 is 2.21 bits per heavy atom. The zero-order valence-electron chi connectivity index (χ0n) is 8.32. The third-order valence-corrected chi connectivity index (χ3v) is 2.11. The van der Waals surface area contributed by atoms with Gasteiger partial charge < -0.3 is 15.4 Å². The summed E-state index contributed by atoms with van der Waals surface area (Å²) in [5.41, 5.74) is 7.18. The SMILES string of the molecule is CN(C)C1=Nc2ccc(N)cc2OC1. The van der Waals surface area contributed by atoms with Crippen LogP contribution in [0.4, 0.5) is 11.4 Å². The quantitative estimate of drug-likeness (QED) is 0.628. The van der Waals surface area contributed by atoms with Crippen molar-refractivity contribution in [1.29, 1.82) is 0 Å². The van der Waals surface area contributed by atoms with Crippen LogP contribution in [-0.4, -0.2) is 31.4 Å². The summed E-state index contributed by atoms with van der Waals surface area (Å²) in [5.74, 6) is 1.68. The van der Waals surface area contributed by atoms with E-state index < -0.39 is 0 Å². The minimum Gasteiger partial charge on any atom is -0.483 e. The Morgan fingerprint density at radius 1 is 1.43 bits per heavy atom. The van der Waals surface area contributed by atoms with E-state index in [4.69, 9.17) is 10.5 Å². The zero-order chi connectivity index (χ0) is 10.1. The lowest BCUT2D eigenvalue weighted by molar-refractivity contribution is 0.354. The summed E-state index contributed by atoms with van der Waals surface area (Å²) in [5, 5.41) is 0. The number of hydrogen-bond acceptors (Lipinski definition) is 4. The number of aliphatic imine (C=N–C) groups is 1. The van der Waals surface area contributed by atoms with Gasteiger partial charge in [-0.25, -0.2) is 4.99 Å². The van der Waals surface area contributed by atoms with E-state index in [1.807, 2.05) is 31.1 Å². The number of nitrogen functional groups attached to an aromatic ring is 1. The van der Waals surface area contributed by atoms with Gasteiger partial charge in [0.15, 0.2) is 0 Å². The predicted molar refractivity (Wildman–Crippen MR) is 57.1 cm³/mol. The Labute approximate surface area is 83.0 Å². The summed E-state index contributed by atoms with van der Waals surface area (Å²) in [6, 6.07) is 5.49. The molecular weight excluding hydrogens is 178 g/mol. The molecule has 0 amide bonds. The van der Waals surface area contributed by atoms with Crippen molar-refractivity contribution in [3.8, 4) is 5.75 Å². The number of likely N-dealkylation sites (N-methyl/N-ethyl adjacent to an activating group) is 1. The molecule has 1 aromatic carbocycles. The fourth-order valence-corrected chi connectivity index (χ4v) is 1.28. The van der Waals surface area contributed by atoms with Gasteiger partial charge in [0.2, 0.25) is 0 Å². The third kappa shape index (κ3) is 1.51. The van der Waals surface area contributed by atoms with E-state index >= 15 is 0 Å². The molecule has 74 valence electrons. The molecule has 0 fully saturated rings. The van der Waals surface area contributed by atoms with E-state index in [0.717, 1.165) is 17.3 Å². The van der Waals surface area contributed by atoms with E-state index in [2.05, 4.69) is 4.99 Å². The molecule has 0 aliphatic carbocycles. The topological polar surface area (TPSA) is 50.8 Å². The van der Waals surface area contributed by atoms with Crippen LogP contribution >= 0.6 is 0 Å². The number of anilines is 1. The standard InChI is InChI=1S/C10H13N3O/c1-13(2)10-6-14-9-5-7(11)3-4-8(9)12-10/h3-5H,6,11H2,1-2H3. The Balaban J connectivity index is 2.40. The van der Waals surface area contributed by atoms with E-state index in [-0.39, 0.29) is 0 Å². The highest BCUT2D eigenvalue weighted by Gasteiger charge is 2.13. The van der Waals surface area contributed by atoms with Gasteiger partial charge >= 0.3 is 0 Å². The Hall–Kier alpha value is -1.71. The molecule has 0 atom stereocenters. The molecule has 1 aromatic rings. The molecule has 0 bridgehead atoms. The first kappa shape index (κ1) is 8.87. The van der Waals surface area contributed by atoms with Crippen molar-refractivity contribution in [1.82, 2.24) is 4.90 Å². The number of nitrogens with two attached hydrogens (primary N) is 1. The van der Waals surface area contributed by atoms with Gasteiger partial charge in [-0.3, -0.25) is 0 Å². The van der Waals surface area contributed by atoms with Gasteiger partial charge in [0.1, 0.15) is 23.9 Å². The van der Waals surface area contributed by atoms with E-state index in [0.29, 0.717) is 12.3 Å².